The molecule has 2 amide bonds. The Labute approximate surface area is 188 Å². The van der Waals surface area contributed by atoms with Gasteiger partial charge in [0.1, 0.15) is 0 Å². The van der Waals surface area contributed by atoms with Crippen molar-refractivity contribution < 1.29 is 9.59 Å². The van der Waals surface area contributed by atoms with Crippen LogP contribution in [0.2, 0.25) is 5.02 Å². The van der Waals surface area contributed by atoms with Gasteiger partial charge in [0.2, 0.25) is 0 Å². The van der Waals surface area contributed by atoms with Crippen LogP contribution in [0.4, 0.5) is 11.4 Å². The average Bonchev–Trinajstić information content (AvgIpc) is 3.41. The maximum absolute atomic E-state index is 12.5. The first kappa shape index (κ1) is 21.7. The number of nitrogens with zero attached hydrogens (tertiary/aromatic N) is 2. The fraction of sp³-hybridized carbons (Fsp3) is 0.417. The first-order chi connectivity index (χ1) is 14.9. The van der Waals surface area contributed by atoms with E-state index in [9.17, 15) is 9.59 Å². The number of nitrogens with one attached hydrogen (secondary N) is 2. The monoisotopic (exact) mass is 440 g/mol. The predicted octanol–water partition coefficient (Wildman–Crippen LogP) is 3.53. The van der Waals surface area contributed by atoms with E-state index in [-0.39, 0.29) is 6.04 Å². The number of fused-ring (bicyclic) bond motifs is 1. The number of likely N-dealkylation sites (tertiary alicyclic amines) is 1. The second-order valence-corrected chi connectivity index (χ2v) is 8.88. The SMILES string of the molecule is Cc1ccc(Cl)cc1NC(=O)C(=O)NC[C@H](c1ccc2c(c1)CCN2C)N1CCCC1. The number of carbonyl (C=O) groups is 2. The molecule has 1 saturated heterocycles. The second kappa shape index (κ2) is 9.28. The van der Waals surface area contributed by atoms with Crippen LogP contribution in [-0.4, -0.2) is 49.9 Å². The number of halogens is 1. The molecule has 2 N–H and O–H groups in total. The number of likely N-dealkylation sites (N-methyl/N-ethyl adjacent to an activating group) is 1. The Bertz CT molecular complexity index is 988. The van der Waals surface area contributed by atoms with Crippen molar-refractivity contribution in [2.45, 2.75) is 32.2 Å². The molecule has 2 aliphatic heterocycles. The predicted molar refractivity (Wildman–Crippen MR) is 125 cm³/mol. The van der Waals surface area contributed by atoms with E-state index in [1.54, 1.807) is 12.1 Å². The van der Waals surface area contributed by atoms with Crippen molar-refractivity contribution in [3.8, 4) is 0 Å². The van der Waals surface area contributed by atoms with Gasteiger partial charge in [-0.1, -0.05) is 29.8 Å². The maximum Gasteiger partial charge on any atom is 0.313 e. The molecule has 1 fully saturated rings. The Morgan fingerprint density at radius 2 is 1.84 bits per heavy atom. The van der Waals surface area contributed by atoms with E-state index in [0.717, 1.165) is 44.5 Å². The lowest BCUT2D eigenvalue weighted by molar-refractivity contribution is -0.136. The molecule has 0 aromatic heterocycles. The summed E-state index contributed by atoms with van der Waals surface area (Å²) < 4.78 is 0. The van der Waals surface area contributed by atoms with Crippen molar-refractivity contribution >= 4 is 34.8 Å². The van der Waals surface area contributed by atoms with Gasteiger partial charge in [0.15, 0.2) is 0 Å². The lowest BCUT2D eigenvalue weighted by atomic mass is 10.0. The number of rotatable bonds is 5. The highest BCUT2D eigenvalue weighted by atomic mass is 35.5. The molecule has 31 heavy (non-hydrogen) atoms. The summed E-state index contributed by atoms with van der Waals surface area (Å²) in [5.41, 5.74) is 5.23. The van der Waals surface area contributed by atoms with Gasteiger partial charge in [0.25, 0.3) is 0 Å². The van der Waals surface area contributed by atoms with Crippen molar-refractivity contribution in [2.24, 2.45) is 0 Å². The third-order valence-electron chi connectivity index (χ3n) is 6.31. The van der Waals surface area contributed by atoms with Gasteiger partial charge in [-0.05, 0) is 74.2 Å². The number of aryl methyl sites for hydroxylation is 1. The summed E-state index contributed by atoms with van der Waals surface area (Å²) in [5, 5.41) is 6.03. The molecule has 2 heterocycles. The van der Waals surface area contributed by atoms with E-state index in [1.165, 1.54) is 16.8 Å². The zero-order chi connectivity index (χ0) is 22.0. The zero-order valence-corrected chi connectivity index (χ0v) is 18.8. The normalized spacial score (nSPS) is 16.8. The highest BCUT2D eigenvalue weighted by Crippen LogP contribution is 2.32. The molecule has 0 radical (unpaired) electrons. The molecule has 2 aromatic carbocycles. The van der Waals surface area contributed by atoms with Crippen LogP contribution < -0.4 is 15.5 Å². The topological polar surface area (TPSA) is 64.7 Å². The van der Waals surface area contributed by atoms with Crippen LogP contribution >= 0.6 is 11.6 Å². The van der Waals surface area contributed by atoms with E-state index in [1.807, 2.05) is 13.0 Å². The third kappa shape index (κ3) is 4.86. The summed E-state index contributed by atoms with van der Waals surface area (Å²) in [6.07, 6.45) is 3.36. The van der Waals surface area contributed by atoms with Crippen molar-refractivity contribution in [3.05, 3.63) is 58.1 Å². The quantitative estimate of drug-likeness (QED) is 0.698. The Morgan fingerprint density at radius 3 is 2.61 bits per heavy atom. The molecule has 2 aromatic rings. The number of anilines is 2. The maximum atomic E-state index is 12.5. The Hall–Kier alpha value is -2.57. The molecule has 0 bridgehead atoms. The van der Waals surface area contributed by atoms with Gasteiger partial charge in [0.05, 0.1) is 6.04 Å². The average molecular weight is 441 g/mol. The summed E-state index contributed by atoms with van der Waals surface area (Å²) in [6, 6.07) is 11.9. The van der Waals surface area contributed by atoms with Crippen molar-refractivity contribution in [3.63, 3.8) is 0 Å². The lowest BCUT2D eigenvalue weighted by Gasteiger charge is -2.28. The number of hydrogen-bond acceptors (Lipinski definition) is 4. The van der Waals surface area contributed by atoms with Crippen LogP contribution in [0.25, 0.3) is 0 Å². The molecule has 164 valence electrons. The van der Waals surface area contributed by atoms with E-state index in [2.05, 4.69) is 45.7 Å². The van der Waals surface area contributed by atoms with Crippen LogP contribution in [0.3, 0.4) is 0 Å². The summed E-state index contributed by atoms with van der Waals surface area (Å²) in [6.45, 7) is 5.30. The van der Waals surface area contributed by atoms with Gasteiger partial charge in [-0.25, -0.2) is 0 Å². The van der Waals surface area contributed by atoms with Crippen molar-refractivity contribution in [2.75, 3.05) is 43.4 Å². The van der Waals surface area contributed by atoms with Crippen LogP contribution in [-0.2, 0) is 16.0 Å². The number of hydrogen-bond donors (Lipinski definition) is 2. The summed E-state index contributed by atoms with van der Waals surface area (Å²) in [5.74, 6) is -1.31. The molecular weight excluding hydrogens is 412 g/mol. The lowest BCUT2D eigenvalue weighted by Crippen LogP contribution is -2.41. The van der Waals surface area contributed by atoms with Gasteiger partial charge in [-0.3, -0.25) is 14.5 Å². The standard InChI is InChI=1S/C24H29ClN4O2/c1-16-5-7-19(25)14-20(16)27-24(31)23(30)26-15-22(29-10-3-4-11-29)17-6-8-21-18(13-17)9-12-28(21)2/h5-8,13-14,22H,3-4,9-12,15H2,1-2H3,(H,26,30)(H,27,31)/t22-/m1/s1. The highest BCUT2D eigenvalue weighted by Gasteiger charge is 2.27. The first-order valence-corrected chi connectivity index (χ1v) is 11.2. The van der Waals surface area contributed by atoms with Crippen molar-refractivity contribution in [1.29, 1.82) is 0 Å². The van der Waals surface area contributed by atoms with Crippen molar-refractivity contribution in [1.82, 2.24) is 10.2 Å². The minimum Gasteiger partial charge on any atom is -0.374 e. The second-order valence-electron chi connectivity index (χ2n) is 8.44. The Morgan fingerprint density at radius 1 is 1.06 bits per heavy atom. The molecule has 0 spiro atoms. The van der Waals surface area contributed by atoms with Crippen LogP contribution in [0.1, 0.15) is 35.6 Å². The molecule has 7 heteroatoms. The molecule has 6 nitrogen and oxygen atoms in total. The van der Waals surface area contributed by atoms with E-state index in [0.29, 0.717) is 17.3 Å². The third-order valence-corrected chi connectivity index (χ3v) is 6.54. The van der Waals surface area contributed by atoms with Gasteiger partial charge in [0, 0.05) is 36.5 Å². The van der Waals surface area contributed by atoms with Gasteiger partial charge >= 0.3 is 11.8 Å². The highest BCUT2D eigenvalue weighted by molar-refractivity contribution is 6.40. The zero-order valence-electron chi connectivity index (χ0n) is 18.1. The van der Waals surface area contributed by atoms with Gasteiger partial charge in [-0.2, -0.15) is 0 Å². The summed E-state index contributed by atoms with van der Waals surface area (Å²) >= 11 is 6.01. The number of carbonyl (C=O) groups excluding carboxylic acids is 2. The van der Waals surface area contributed by atoms with Crippen LogP contribution in [0, 0.1) is 6.92 Å². The fourth-order valence-electron chi connectivity index (χ4n) is 4.48. The minimum atomic E-state index is -0.680. The molecule has 2 aliphatic rings. The smallest absolute Gasteiger partial charge is 0.313 e. The molecule has 0 unspecified atom stereocenters. The number of benzene rings is 2. The van der Waals surface area contributed by atoms with Crippen LogP contribution in [0.15, 0.2) is 36.4 Å². The van der Waals surface area contributed by atoms with E-state index >= 15 is 0 Å². The minimum absolute atomic E-state index is 0.0587. The van der Waals surface area contributed by atoms with E-state index < -0.39 is 11.8 Å². The fourth-order valence-corrected chi connectivity index (χ4v) is 4.65. The summed E-state index contributed by atoms with van der Waals surface area (Å²) in [7, 11) is 2.12. The first-order valence-electron chi connectivity index (χ1n) is 10.9. The molecule has 1 atom stereocenters. The Balaban J connectivity index is 1.45. The molecular formula is C24H29ClN4O2. The molecule has 0 aliphatic carbocycles. The Kier molecular flexibility index (Phi) is 6.49. The van der Waals surface area contributed by atoms with Crippen LogP contribution in [0.5, 0.6) is 0 Å². The molecule has 0 saturated carbocycles. The van der Waals surface area contributed by atoms with Gasteiger partial charge < -0.3 is 15.5 Å². The van der Waals surface area contributed by atoms with E-state index in [4.69, 9.17) is 11.6 Å². The number of amides is 2. The van der Waals surface area contributed by atoms with Gasteiger partial charge in [-0.15, -0.1) is 0 Å². The summed E-state index contributed by atoms with van der Waals surface area (Å²) in [4.78, 5) is 29.7. The molecule has 4 rings (SSSR count). The largest absolute Gasteiger partial charge is 0.374 e.